The Hall–Kier alpha value is -1.86. The highest BCUT2D eigenvalue weighted by atomic mass is 32.2. The summed E-state index contributed by atoms with van der Waals surface area (Å²) in [4.78, 5) is 11.2. The number of carboxylic acid groups (broad SMARTS) is 1. The first-order chi connectivity index (χ1) is 9.98. The molecule has 0 aromatic heterocycles. The van der Waals surface area contributed by atoms with Crippen molar-refractivity contribution in [3.05, 3.63) is 35.9 Å². The molecular weight excluding hydrogens is 294 g/mol. The van der Waals surface area contributed by atoms with Crippen LogP contribution in [0.5, 0.6) is 5.75 Å². The molecular formula is C14H15NO5S. The fourth-order valence-corrected chi connectivity index (χ4v) is 3.94. The average Bonchev–Trinajstić information content (AvgIpc) is 2.94. The predicted octanol–water partition coefficient (Wildman–Crippen LogP) is 0.883. The zero-order valence-electron chi connectivity index (χ0n) is 11.2. The fourth-order valence-electron chi connectivity index (χ4n) is 2.51. The van der Waals surface area contributed by atoms with Gasteiger partial charge in [-0.2, -0.15) is 4.31 Å². The number of aliphatic carboxylic acids is 1. The van der Waals surface area contributed by atoms with Crippen LogP contribution in [0.1, 0.15) is 5.56 Å². The Morgan fingerprint density at radius 3 is 2.95 bits per heavy atom. The average molecular weight is 309 g/mol. The first-order valence-corrected chi connectivity index (χ1v) is 8.08. The molecule has 7 heteroatoms. The molecule has 112 valence electrons. The summed E-state index contributed by atoms with van der Waals surface area (Å²) in [6.07, 6.45) is 3.88. The topological polar surface area (TPSA) is 83.9 Å². The van der Waals surface area contributed by atoms with Crippen molar-refractivity contribution in [1.29, 1.82) is 0 Å². The zero-order chi connectivity index (χ0) is 15.0. The van der Waals surface area contributed by atoms with E-state index in [1.165, 1.54) is 16.4 Å². The van der Waals surface area contributed by atoms with E-state index in [1.807, 2.05) is 0 Å². The summed E-state index contributed by atoms with van der Waals surface area (Å²) in [6, 6.07) is 4.83. The van der Waals surface area contributed by atoms with Crippen LogP contribution in [0.4, 0.5) is 0 Å². The number of hydrogen-bond donors (Lipinski definition) is 1. The van der Waals surface area contributed by atoms with Crippen LogP contribution >= 0.6 is 0 Å². The van der Waals surface area contributed by atoms with Crippen molar-refractivity contribution >= 4 is 16.0 Å². The maximum Gasteiger partial charge on any atom is 0.311 e. The van der Waals surface area contributed by atoms with Gasteiger partial charge in [0, 0.05) is 25.6 Å². The van der Waals surface area contributed by atoms with Crippen molar-refractivity contribution in [1.82, 2.24) is 4.31 Å². The summed E-state index contributed by atoms with van der Waals surface area (Å²) in [5.41, 5.74) is 0.996. The number of sulfonamides is 1. The van der Waals surface area contributed by atoms with E-state index in [0.717, 1.165) is 12.0 Å². The fraction of sp³-hybridized carbons (Fsp3) is 0.357. The lowest BCUT2D eigenvalue weighted by molar-refractivity contribution is -0.140. The molecule has 2 aliphatic heterocycles. The molecule has 0 amide bonds. The Morgan fingerprint density at radius 2 is 2.19 bits per heavy atom. The molecule has 2 aliphatic rings. The molecule has 0 saturated carbocycles. The van der Waals surface area contributed by atoms with Crippen molar-refractivity contribution in [3.63, 3.8) is 0 Å². The number of rotatable bonds is 3. The summed E-state index contributed by atoms with van der Waals surface area (Å²) in [5, 5.41) is 9.03. The van der Waals surface area contributed by atoms with Gasteiger partial charge in [-0.1, -0.05) is 18.2 Å². The smallest absolute Gasteiger partial charge is 0.311 e. The molecule has 3 rings (SSSR count). The third-order valence-electron chi connectivity index (χ3n) is 3.70. The van der Waals surface area contributed by atoms with E-state index < -0.39 is 21.9 Å². The Bertz CT molecular complexity index is 710. The maximum absolute atomic E-state index is 12.6. The molecule has 0 radical (unpaired) electrons. The first kappa shape index (κ1) is 14.1. The van der Waals surface area contributed by atoms with Crippen LogP contribution < -0.4 is 4.74 Å². The number of hydrogen-bond acceptors (Lipinski definition) is 4. The molecule has 1 unspecified atom stereocenters. The van der Waals surface area contributed by atoms with Gasteiger partial charge in [-0.15, -0.1) is 0 Å². The van der Waals surface area contributed by atoms with Gasteiger partial charge in [0.1, 0.15) is 5.75 Å². The minimum Gasteiger partial charge on any atom is -0.493 e. The third kappa shape index (κ3) is 2.54. The SMILES string of the molecule is O=C(O)C1C=CCN(S(=O)(=O)c2ccc3c(c2)OCC3)C1. The lowest BCUT2D eigenvalue weighted by atomic mass is 10.1. The van der Waals surface area contributed by atoms with E-state index in [4.69, 9.17) is 9.84 Å². The molecule has 1 atom stereocenters. The Labute approximate surface area is 122 Å². The number of ether oxygens (including phenoxy) is 1. The van der Waals surface area contributed by atoms with E-state index >= 15 is 0 Å². The number of nitrogens with zero attached hydrogens (tertiary/aromatic N) is 1. The number of carboxylic acids is 1. The maximum atomic E-state index is 12.6. The summed E-state index contributed by atoms with van der Waals surface area (Å²) >= 11 is 0. The molecule has 0 spiro atoms. The summed E-state index contributed by atoms with van der Waals surface area (Å²) < 4.78 is 31.8. The highest BCUT2D eigenvalue weighted by Crippen LogP contribution is 2.30. The lowest BCUT2D eigenvalue weighted by Gasteiger charge is -2.26. The van der Waals surface area contributed by atoms with Gasteiger partial charge in [0.15, 0.2) is 0 Å². The highest BCUT2D eigenvalue weighted by Gasteiger charge is 2.31. The van der Waals surface area contributed by atoms with Crippen molar-refractivity contribution < 1.29 is 23.1 Å². The van der Waals surface area contributed by atoms with Gasteiger partial charge in [0.25, 0.3) is 0 Å². The van der Waals surface area contributed by atoms with Crippen LogP contribution in [0.25, 0.3) is 0 Å². The van der Waals surface area contributed by atoms with E-state index in [9.17, 15) is 13.2 Å². The number of carbonyl (C=O) groups is 1. The van der Waals surface area contributed by atoms with Crippen molar-refractivity contribution in [2.24, 2.45) is 5.92 Å². The second-order valence-corrected chi connectivity index (χ2v) is 7.00. The van der Waals surface area contributed by atoms with Crippen molar-refractivity contribution in [3.8, 4) is 5.75 Å². The second kappa shape index (κ2) is 5.16. The lowest BCUT2D eigenvalue weighted by Crippen LogP contribution is -2.39. The monoisotopic (exact) mass is 309 g/mol. The standard InChI is InChI=1S/C14H15NO5S/c16-14(17)11-2-1-6-15(9-11)21(18,19)12-4-3-10-5-7-20-13(10)8-12/h1-4,8,11H,5-7,9H2,(H,16,17). The first-order valence-electron chi connectivity index (χ1n) is 6.64. The van der Waals surface area contributed by atoms with Crippen LogP contribution in [0.3, 0.4) is 0 Å². The summed E-state index contributed by atoms with van der Waals surface area (Å²) in [6.45, 7) is 0.697. The predicted molar refractivity (Wildman–Crippen MR) is 74.7 cm³/mol. The Balaban J connectivity index is 1.90. The molecule has 0 aliphatic carbocycles. The molecule has 0 saturated heterocycles. The zero-order valence-corrected chi connectivity index (χ0v) is 12.0. The van der Waals surface area contributed by atoms with E-state index in [-0.39, 0.29) is 18.0 Å². The quantitative estimate of drug-likeness (QED) is 0.838. The van der Waals surface area contributed by atoms with Gasteiger partial charge >= 0.3 is 5.97 Å². The Kier molecular flexibility index (Phi) is 3.46. The minimum absolute atomic E-state index is 0.0495. The molecule has 1 aromatic rings. The number of benzene rings is 1. The van der Waals surface area contributed by atoms with Crippen molar-refractivity contribution in [2.45, 2.75) is 11.3 Å². The van der Waals surface area contributed by atoms with Crippen LogP contribution in [-0.2, 0) is 21.2 Å². The van der Waals surface area contributed by atoms with Crippen LogP contribution in [0, 0.1) is 5.92 Å². The van der Waals surface area contributed by atoms with Gasteiger partial charge in [0.2, 0.25) is 10.0 Å². The van der Waals surface area contributed by atoms with Crippen molar-refractivity contribution in [2.75, 3.05) is 19.7 Å². The molecule has 1 N–H and O–H groups in total. The largest absolute Gasteiger partial charge is 0.493 e. The molecule has 1 aromatic carbocycles. The summed E-state index contributed by atoms with van der Waals surface area (Å²) in [7, 11) is -3.71. The normalized spacial score (nSPS) is 21.8. The molecule has 21 heavy (non-hydrogen) atoms. The molecule has 0 fully saturated rings. The van der Waals surface area contributed by atoms with E-state index in [2.05, 4.69) is 0 Å². The van der Waals surface area contributed by atoms with Crippen LogP contribution in [0.2, 0.25) is 0 Å². The minimum atomic E-state index is -3.71. The third-order valence-corrected chi connectivity index (χ3v) is 5.53. The van der Waals surface area contributed by atoms with Crippen LogP contribution in [-0.4, -0.2) is 43.5 Å². The van der Waals surface area contributed by atoms with Gasteiger partial charge in [-0.25, -0.2) is 8.42 Å². The van der Waals surface area contributed by atoms with E-state index in [0.29, 0.717) is 12.4 Å². The van der Waals surface area contributed by atoms with Gasteiger partial charge in [0.05, 0.1) is 17.4 Å². The number of fused-ring (bicyclic) bond motifs is 1. The van der Waals surface area contributed by atoms with Gasteiger partial charge in [-0.3, -0.25) is 4.79 Å². The molecule has 6 nitrogen and oxygen atoms in total. The van der Waals surface area contributed by atoms with E-state index in [1.54, 1.807) is 18.2 Å². The molecule has 0 bridgehead atoms. The second-order valence-electron chi connectivity index (χ2n) is 5.06. The van der Waals surface area contributed by atoms with Gasteiger partial charge < -0.3 is 9.84 Å². The highest BCUT2D eigenvalue weighted by molar-refractivity contribution is 7.89. The molecule has 2 heterocycles. The Morgan fingerprint density at radius 1 is 1.38 bits per heavy atom. The van der Waals surface area contributed by atoms with Crippen LogP contribution in [0.15, 0.2) is 35.2 Å². The van der Waals surface area contributed by atoms with Gasteiger partial charge in [-0.05, 0) is 11.6 Å². The summed E-state index contributed by atoms with van der Waals surface area (Å²) in [5.74, 6) is -1.24.